The minimum Gasteiger partial charge on any atom is -0.479 e. The van der Waals surface area contributed by atoms with Crippen molar-refractivity contribution in [3.05, 3.63) is 40.9 Å². The van der Waals surface area contributed by atoms with Gasteiger partial charge in [-0.05, 0) is 6.92 Å². The molecule has 1 atom stereocenters. The third kappa shape index (κ3) is 4.87. The number of amides is 1. The number of aryl methyl sites for hydroxylation is 1. The summed E-state index contributed by atoms with van der Waals surface area (Å²) in [6, 6.07) is 8.02. The van der Waals surface area contributed by atoms with Gasteiger partial charge >= 0.3 is 5.97 Å². The third-order valence-corrected chi connectivity index (χ3v) is 4.18. The molecule has 0 saturated heterocycles. The Bertz CT molecular complexity index is 682. The Labute approximate surface area is 138 Å². The van der Waals surface area contributed by atoms with E-state index >= 15 is 0 Å². The van der Waals surface area contributed by atoms with Crippen LogP contribution in [0.3, 0.4) is 0 Å². The first-order valence-corrected chi connectivity index (χ1v) is 7.91. The highest BCUT2D eigenvalue weighted by atomic mass is 32.1. The lowest BCUT2D eigenvalue weighted by Gasteiger charge is -2.10. The van der Waals surface area contributed by atoms with Crippen molar-refractivity contribution in [3.8, 4) is 10.6 Å². The zero-order valence-corrected chi connectivity index (χ0v) is 13.7. The first-order valence-electron chi connectivity index (χ1n) is 7.03. The molecule has 2 rings (SSSR count). The molecular formula is C16H18N2O4S. The standard InChI is InChI=1S/C16H18N2O4S/c1-10-3-5-11(6-4-10)15-18-12(9-23-15)7-14(19)17-8-13(22-2)16(20)21/h3-6,9,13H,7-8H2,1-2H3,(H,17,19)(H,20,21). The van der Waals surface area contributed by atoms with Crippen LogP contribution in [-0.4, -0.2) is 41.7 Å². The van der Waals surface area contributed by atoms with E-state index in [-0.39, 0.29) is 18.9 Å². The number of carbonyl (C=O) groups is 2. The third-order valence-electron chi connectivity index (χ3n) is 3.24. The molecule has 0 fully saturated rings. The molecular weight excluding hydrogens is 316 g/mol. The Kier molecular flexibility index (Phi) is 5.84. The number of aromatic nitrogens is 1. The van der Waals surface area contributed by atoms with Gasteiger partial charge in [-0.25, -0.2) is 9.78 Å². The number of methoxy groups -OCH3 is 1. The van der Waals surface area contributed by atoms with Crippen molar-refractivity contribution in [1.82, 2.24) is 10.3 Å². The molecule has 1 aromatic heterocycles. The minimum absolute atomic E-state index is 0.0698. The molecule has 1 amide bonds. The van der Waals surface area contributed by atoms with Crippen molar-refractivity contribution in [2.75, 3.05) is 13.7 Å². The van der Waals surface area contributed by atoms with Gasteiger partial charge in [0.15, 0.2) is 6.10 Å². The number of nitrogens with one attached hydrogen (secondary N) is 1. The molecule has 0 bridgehead atoms. The first-order chi connectivity index (χ1) is 11.0. The van der Waals surface area contributed by atoms with Crippen molar-refractivity contribution >= 4 is 23.2 Å². The number of carbonyl (C=O) groups excluding carboxylic acids is 1. The predicted molar refractivity (Wildman–Crippen MR) is 87.4 cm³/mol. The lowest BCUT2D eigenvalue weighted by molar-refractivity contribution is -0.148. The highest BCUT2D eigenvalue weighted by molar-refractivity contribution is 7.13. The summed E-state index contributed by atoms with van der Waals surface area (Å²) in [7, 11) is 1.29. The maximum Gasteiger partial charge on any atom is 0.334 e. The Morgan fingerprint density at radius 3 is 2.65 bits per heavy atom. The summed E-state index contributed by atoms with van der Waals surface area (Å²) in [5.41, 5.74) is 2.85. The van der Waals surface area contributed by atoms with Gasteiger partial charge in [0.2, 0.25) is 5.91 Å². The van der Waals surface area contributed by atoms with E-state index < -0.39 is 12.1 Å². The number of benzene rings is 1. The lowest BCUT2D eigenvalue weighted by atomic mass is 10.2. The van der Waals surface area contributed by atoms with Crippen molar-refractivity contribution in [1.29, 1.82) is 0 Å². The van der Waals surface area contributed by atoms with Crippen LogP contribution in [0.25, 0.3) is 10.6 Å². The molecule has 2 N–H and O–H groups in total. The zero-order chi connectivity index (χ0) is 16.8. The van der Waals surface area contributed by atoms with Gasteiger partial charge in [-0.2, -0.15) is 0 Å². The lowest BCUT2D eigenvalue weighted by Crippen LogP contribution is -2.38. The Morgan fingerprint density at radius 2 is 2.04 bits per heavy atom. The average molecular weight is 334 g/mol. The average Bonchev–Trinajstić information content (AvgIpc) is 2.96. The number of nitrogens with zero attached hydrogens (tertiary/aromatic N) is 1. The van der Waals surface area contributed by atoms with Crippen LogP contribution in [0.4, 0.5) is 0 Å². The fourth-order valence-corrected chi connectivity index (χ4v) is 2.75. The van der Waals surface area contributed by atoms with Crippen molar-refractivity contribution in [2.24, 2.45) is 0 Å². The number of carboxylic acid groups (broad SMARTS) is 1. The van der Waals surface area contributed by atoms with E-state index in [1.165, 1.54) is 24.0 Å². The van der Waals surface area contributed by atoms with Crippen molar-refractivity contribution in [3.63, 3.8) is 0 Å². The number of hydrogen-bond acceptors (Lipinski definition) is 5. The summed E-state index contributed by atoms with van der Waals surface area (Å²) in [4.78, 5) is 27.1. The minimum atomic E-state index is -1.11. The summed E-state index contributed by atoms with van der Waals surface area (Å²) < 4.78 is 4.76. The molecule has 1 heterocycles. The second-order valence-corrected chi connectivity index (χ2v) is 5.91. The van der Waals surface area contributed by atoms with E-state index in [2.05, 4.69) is 10.3 Å². The van der Waals surface area contributed by atoms with E-state index in [1.807, 2.05) is 36.6 Å². The molecule has 2 aromatic rings. The number of hydrogen-bond donors (Lipinski definition) is 2. The first kappa shape index (κ1) is 17.1. The maximum absolute atomic E-state index is 11.9. The molecule has 6 nitrogen and oxygen atoms in total. The van der Waals surface area contributed by atoms with Crippen LogP contribution in [-0.2, 0) is 20.7 Å². The van der Waals surface area contributed by atoms with Crippen LogP contribution < -0.4 is 5.32 Å². The predicted octanol–water partition coefficient (Wildman–Crippen LogP) is 1.88. The summed E-state index contributed by atoms with van der Waals surface area (Å²) in [5, 5.41) is 14.1. The second-order valence-electron chi connectivity index (χ2n) is 5.05. The maximum atomic E-state index is 11.9. The zero-order valence-electron chi connectivity index (χ0n) is 12.9. The van der Waals surface area contributed by atoms with E-state index in [4.69, 9.17) is 9.84 Å². The summed E-state index contributed by atoms with van der Waals surface area (Å²) in [5.74, 6) is -1.39. The molecule has 0 radical (unpaired) electrons. The van der Waals surface area contributed by atoms with Gasteiger partial charge in [-0.1, -0.05) is 29.8 Å². The molecule has 0 aliphatic carbocycles. The van der Waals surface area contributed by atoms with Gasteiger partial charge in [0, 0.05) is 18.1 Å². The molecule has 0 saturated carbocycles. The van der Waals surface area contributed by atoms with Crippen LogP contribution in [0.5, 0.6) is 0 Å². The fraction of sp³-hybridized carbons (Fsp3) is 0.312. The van der Waals surface area contributed by atoms with E-state index in [0.717, 1.165) is 10.6 Å². The summed E-state index contributed by atoms with van der Waals surface area (Å²) >= 11 is 1.47. The summed E-state index contributed by atoms with van der Waals surface area (Å²) in [6.07, 6.45) is -0.934. The van der Waals surface area contributed by atoms with Gasteiger partial charge in [-0.3, -0.25) is 4.79 Å². The second kappa shape index (κ2) is 7.85. The van der Waals surface area contributed by atoms with Crippen LogP contribution in [0.1, 0.15) is 11.3 Å². The van der Waals surface area contributed by atoms with Gasteiger partial charge in [0.05, 0.1) is 18.7 Å². The molecule has 7 heteroatoms. The SMILES string of the molecule is COC(CNC(=O)Cc1csc(-c2ccc(C)cc2)n1)C(=O)O. The largest absolute Gasteiger partial charge is 0.479 e. The molecule has 122 valence electrons. The molecule has 0 spiro atoms. The fourth-order valence-electron chi connectivity index (χ4n) is 1.92. The Hall–Kier alpha value is -2.25. The number of ether oxygens (including phenoxy) is 1. The van der Waals surface area contributed by atoms with Crippen LogP contribution >= 0.6 is 11.3 Å². The number of carboxylic acids is 1. The van der Waals surface area contributed by atoms with Crippen LogP contribution in [0.2, 0.25) is 0 Å². The van der Waals surface area contributed by atoms with Gasteiger partial charge in [-0.15, -0.1) is 11.3 Å². The quantitative estimate of drug-likeness (QED) is 0.807. The van der Waals surface area contributed by atoms with Gasteiger partial charge in [0.25, 0.3) is 0 Å². The van der Waals surface area contributed by atoms with E-state index in [1.54, 1.807) is 0 Å². The highest BCUT2D eigenvalue weighted by Crippen LogP contribution is 2.24. The Morgan fingerprint density at radius 1 is 1.35 bits per heavy atom. The molecule has 0 aliphatic heterocycles. The molecule has 23 heavy (non-hydrogen) atoms. The molecule has 1 unspecified atom stereocenters. The van der Waals surface area contributed by atoms with Gasteiger partial charge in [0.1, 0.15) is 5.01 Å². The van der Waals surface area contributed by atoms with E-state index in [9.17, 15) is 9.59 Å². The number of rotatable bonds is 7. The number of aliphatic carboxylic acids is 1. The molecule has 1 aromatic carbocycles. The van der Waals surface area contributed by atoms with Crippen LogP contribution in [0.15, 0.2) is 29.6 Å². The summed E-state index contributed by atoms with van der Waals surface area (Å²) in [6.45, 7) is 1.95. The molecule has 0 aliphatic rings. The number of thiazole rings is 1. The van der Waals surface area contributed by atoms with Crippen LogP contribution in [0, 0.1) is 6.92 Å². The van der Waals surface area contributed by atoms with Gasteiger partial charge < -0.3 is 15.2 Å². The normalized spacial score (nSPS) is 11.9. The topological polar surface area (TPSA) is 88.5 Å². The Balaban J connectivity index is 1.92. The van der Waals surface area contributed by atoms with Crippen molar-refractivity contribution < 1.29 is 19.4 Å². The monoisotopic (exact) mass is 334 g/mol. The van der Waals surface area contributed by atoms with Crippen molar-refractivity contribution in [2.45, 2.75) is 19.4 Å². The highest BCUT2D eigenvalue weighted by Gasteiger charge is 2.17. The smallest absolute Gasteiger partial charge is 0.334 e. The van der Waals surface area contributed by atoms with E-state index in [0.29, 0.717) is 5.69 Å².